The van der Waals surface area contributed by atoms with Crippen LogP contribution in [0.1, 0.15) is 60.9 Å². The number of nitrogens with zero attached hydrogens (tertiary/aromatic N) is 1. The predicted octanol–water partition coefficient (Wildman–Crippen LogP) is 4.14. The third-order valence-electron chi connectivity index (χ3n) is 4.75. The van der Waals surface area contributed by atoms with Crippen LogP contribution in [0, 0.1) is 20.8 Å². The Morgan fingerprint density at radius 1 is 1.00 bits per heavy atom. The van der Waals surface area contributed by atoms with Crippen LogP contribution in [0.2, 0.25) is 0 Å². The van der Waals surface area contributed by atoms with Crippen LogP contribution < -0.4 is 5.32 Å². The quantitative estimate of drug-likeness (QED) is 0.876. The molecule has 21 heavy (non-hydrogen) atoms. The van der Waals surface area contributed by atoms with E-state index in [4.69, 9.17) is 0 Å². The van der Waals surface area contributed by atoms with Crippen molar-refractivity contribution in [1.29, 1.82) is 0 Å². The predicted molar refractivity (Wildman–Crippen MR) is 92.0 cm³/mol. The van der Waals surface area contributed by atoms with Gasteiger partial charge in [0.2, 0.25) is 0 Å². The summed E-state index contributed by atoms with van der Waals surface area (Å²) in [4.78, 5) is 2.63. The maximum Gasteiger partial charge on any atom is 0.0297 e. The minimum absolute atomic E-state index is 0.442. The summed E-state index contributed by atoms with van der Waals surface area (Å²) in [5.41, 5.74) is 5.69. The molecule has 1 fully saturated rings. The van der Waals surface area contributed by atoms with E-state index in [2.05, 4.69) is 50.0 Å². The number of hydrogen-bond donors (Lipinski definition) is 1. The molecule has 0 aliphatic carbocycles. The van der Waals surface area contributed by atoms with Crippen molar-refractivity contribution in [2.24, 2.45) is 0 Å². The van der Waals surface area contributed by atoms with E-state index in [9.17, 15) is 0 Å². The van der Waals surface area contributed by atoms with Crippen molar-refractivity contribution in [3.63, 3.8) is 0 Å². The molecule has 2 rings (SSSR count). The molecule has 0 saturated carbocycles. The molecule has 1 heterocycles. The van der Waals surface area contributed by atoms with E-state index < -0.39 is 0 Å². The van der Waals surface area contributed by atoms with Gasteiger partial charge in [-0.15, -0.1) is 0 Å². The Morgan fingerprint density at radius 2 is 1.57 bits per heavy atom. The second kappa shape index (κ2) is 7.95. The van der Waals surface area contributed by atoms with Gasteiger partial charge in [0.25, 0.3) is 0 Å². The first-order chi connectivity index (χ1) is 10.1. The molecule has 2 nitrogen and oxygen atoms in total. The van der Waals surface area contributed by atoms with Crippen molar-refractivity contribution in [2.75, 3.05) is 26.2 Å². The number of hydrogen-bond acceptors (Lipinski definition) is 2. The van der Waals surface area contributed by atoms with Crippen LogP contribution in [-0.2, 0) is 0 Å². The average Bonchev–Trinajstić information content (AvgIpc) is 2.66. The maximum atomic E-state index is 3.73. The highest BCUT2D eigenvalue weighted by atomic mass is 15.1. The molecule has 2 heteroatoms. The van der Waals surface area contributed by atoms with Gasteiger partial charge in [0.15, 0.2) is 0 Å². The molecular formula is C19H32N2. The minimum Gasteiger partial charge on any atom is -0.309 e. The van der Waals surface area contributed by atoms with Crippen molar-refractivity contribution in [2.45, 2.75) is 59.4 Å². The van der Waals surface area contributed by atoms with Gasteiger partial charge < -0.3 is 10.2 Å². The fourth-order valence-electron chi connectivity index (χ4n) is 3.78. The third-order valence-corrected chi connectivity index (χ3v) is 4.75. The van der Waals surface area contributed by atoms with E-state index in [0.29, 0.717) is 6.04 Å². The average molecular weight is 288 g/mol. The van der Waals surface area contributed by atoms with Gasteiger partial charge in [0, 0.05) is 19.1 Å². The summed E-state index contributed by atoms with van der Waals surface area (Å²) in [6.07, 6.45) is 5.60. The van der Waals surface area contributed by atoms with Crippen LogP contribution >= 0.6 is 0 Å². The first-order valence-corrected chi connectivity index (χ1v) is 8.61. The van der Waals surface area contributed by atoms with Gasteiger partial charge >= 0.3 is 0 Å². The zero-order valence-electron chi connectivity index (χ0n) is 14.3. The number of benzene rings is 1. The normalized spacial score (nSPS) is 18.5. The van der Waals surface area contributed by atoms with Crippen molar-refractivity contribution in [3.8, 4) is 0 Å². The van der Waals surface area contributed by atoms with Crippen molar-refractivity contribution in [1.82, 2.24) is 10.2 Å². The Kier molecular flexibility index (Phi) is 6.25. The summed E-state index contributed by atoms with van der Waals surface area (Å²) in [5.74, 6) is 0. The van der Waals surface area contributed by atoms with E-state index in [0.717, 1.165) is 6.54 Å². The second-order valence-electron chi connectivity index (χ2n) is 6.74. The van der Waals surface area contributed by atoms with Crippen molar-refractivity contribution in [3.05, 3.63) is 34.4 Å². The zero-order valence-corrected chi connectivity index (χ0v) is 14.3. The fraction of sp³-hybridized carbons (Fsp3) is 0.684. The van der Waals surface area contributed by atoms with Crippen LogP contribution in [0.15, 0.2) is 12.1 Å². The van der Waals surface area contributed by atoms with Crippen LogP contribution in [0.5, 0.6) is 0 Å². The summed E-state index contributed by atoms with van der Waals surface area (Å²) in [7, 11) is 0. The highest BCUT2D eigenvalue weighted by molar-refractivity contribution is 5.39. The summed E-state index contributed by atoms with van der Waals surface area (Å²) >= 11 is 0. The van der Waals surface area contributed by atoms with Crippen molar-refractivity contribution < 1.29 is 0 Å². The molecule has 1 aromatic carbocycles. The molecule has 118 valence electrons. The molecule has 0 amide bonds. The molecule has 0 spiro atoms. The standard InChI is InChI=1S/C19H32N2/c1-15-13-16(2)19(17(3)14-15)18(4)20-9-12-21-10-7-5-6-8-11-21/h13-14,18,20H,5-12H2,1-4H3. The van der Waals surface area contributed by atoms with Crippen LogP contribution in [-0.4, -0.2) is 31.1 Å². The molecule has 1 N–H and O–H groups in total. The van der Waals surface area contributed by atoms with E-state index in [1.807, 2.05) is 0 Å². The molecule has 1 aromatic rings. The first-order valence-electron chi connectivity index (χ1n) is 8.61. The number of likely N-dealkylation sites (tertiary alicyclic amines) is 1. The monoisotopic (exact) mass is 288 g/mol. The molecule has 1 unspecified atom stereocenters. The highest BCUT2D eigenvalue weighted by Gasteiger charge is 2.13. The lowest BCUT2D eigenvalue weighted by atomic mass is 9.95. The Hall–Kier alpha value is -0.860. The smallest absolute Gasteiger partial charge is 0.0297 e. The Bertz CT molecular complexity index is 422. The molecule has 1 aliphatic rings. The summed E-state index contributed by atoms with van der Waals surface area (Å²) in [6.45, 7) is 13.8. The van der Waals surface area contributed by atoms with Gasteiger partial charge in [-0.3, -0.25) is 0 Å². The molecule has 0 radical (unpaired) electrons. The van der Waals surface area contributed by atoms with Crippen LogP contribution in [0.4, 0.5) is 0 Å². The molecule has 1 saturated heterocycles. The summed E-state index contributed by atoms with van der Waals surface area (Å²) in [5, 5.41) is 3.73. The zero-order chi connectivity index (χ0) is 15.2. The molecular weight excluding hydrogens is 256 g/mol. The summed E-state index contributed by atoms with van der Waals surface area (Å²) in [6, 6.07) is 5.04. The number of aryl methyl sites for hydroxylation is 3. The van der Waals surface area contributed by atoms with Crippen LogP contribution in [0.25, 0.3) is 0 Å². The first kappa shape index (κ1) is 16.5. The van der Waals surface area contributed by atoms with Gasteiger partial charge in [-0.2, -0.15) is 0 Å². The van der Waals surface area contributed by atoms with Gasteiger partial charge in [-0.25, -0.2) is 0 Å². The second-order valence-corrected chi connectivity index (χ2v) is 6.74. The van der Waals surface area contributed by atoms with Gasteiger partial charge in [0.1, 0.15) is 0 Å². The van der Waals surface area contributed by atoms with Crippen molar-refractivity contribution >= 4 is 0 Å². The lowest BCUT2D eigenvalue weighted by molar-refractivity contribution is 0.280. The molecule has 0 aromatic heterocycles. The van der Waals surface area contributed by atoms with Gasteiger partial charge in [-0.1, -0.05) is 30.5 Å². The molecule has 0 bridgehead atoms. The van der Waals surface area contributed by atoms with E-state index in [1.54, 1.807) is 0 Å². The lowest BCUT2D eigenvalue weighted by Crippen LogP contribution is -2.34. The fourth-order valence-corrected chi connectivity index (χ4v) is 3.78. The van der Waals surface area contributed by atoms with E-state index in [-0.39, 0.29) is 0 Å². The lowest BCUT2D eigenvalue weighted by Gasteiger charge is -2.23. The third kappa shape index (κ3) is 4.82. The molecule has 1 aliphatic heterocycles. The Balaban J connectivity index is 1.85. The highest BCUT2D eigenvalue weighted by Crippen LogP contribution is 2.23. The van der Waals surface area contributed by atoms with Gasteiger partial charge in [0.05, 0.1) is 0 Å². The van der Waals surface area contributed by atoms with Gasteiger partial charge in [-0.05, 0) is 70.3 Å². The van der Waals surface area contributed by atoms with Crippen LogP contribution in [0.3, 0.4) is 0 Å². The topological polar surface area (TPSA) is 15.3 Å². The minimum atomic E-state index is 0.442. The maximum absolute atomic E-state index is 3.73. The SMILES string of the molecule is Cc1cc(C)c(C(C)NCCN2CCCCCC2)c(C)c1. The van der Waals surface area contributed by atoms with E-state index >= 15 is 0 Å². The Labute approximate surface area is 130 Å². The largest absolute Gasteiger partial charge is 0.309 e. The van der Waals surface area contributed by atoms with E-state index in [1.165, 1.54) is 67.6 Å². The number of nitrogens with one attached hydrogen (secondary N) is 1. The molecule has 1 atom stereocenters. The summed E-state index contributed by atoms with van der Waals surface area (Å²) < 4.78 is 0. The Morgan fingerprint density at radius 3 is 2.14 bits per heavy atom. The number of rotatable bonds is 5.